The van der Waals surface area contributed by atoms with E-state index in [-0.39, 0.29) is 17.1 Å². The first-order valence-corrected chi connectivity index (χ1v) is 8.53. The standard InChI is InChI=1S/C15H18FN5O3S/c1-9(22)19-15-20-14(16)11(25-15)7-21-4-3-10(6-21)24-13-5-12(23-2)17-8-18-13/h5,8,10H,3-4,6-7H2,1-2H3,(H,19,20,22)/t10-/m1/s1. The first-order valence-electron chi connectivity index (χ1n) is 7.71. The number of thiazole rings is 1. The lowest BCUT2D eigenvalue weighted by molar-refractivity contribution is -0.114. The van der Waals surface area contributed by atoms with Crippen LogP contribution in [0.5, 0.6) is 11.8 Å². The zero-order valence-electron chi connectivity index (χ0n) is 13.9. The molecule has 1 atom stereocenters. The predicted molar refractivity (Wildman–Crippen MR) is 89.3 cm³/mol. The van der Waals surface area contributed by atoms with Gasteiger partial charge in [-0.15, -0.1) is 0 Å². The van der Waals surface area contributed by atoms with Gasteiger partial charge in [0.25, 0.3) is 0 Å². The van der Waals surface area contributed by atoms with E-state index in [4.69, 9.17) is 9.47 Å². The molecule has 0 aliphatic carbocycles. The number of aromatic nitrogens is 3. The Balaban J connectivity index is 1.56. The molecule has 1 N–H and O–H groups in total. The number of hydrogen-bond acceptors (Lipinski definition) is 8. The number of methoxy groups -OCH3 is 1. The van der Waals surface area contributed by atoms with E-state index < -0.39 is 5.95 Å². The Morgan fingerprint density at radius 2 is 2.28 bits per heavy atom. The van der Waals surface area contributed by atoms with E-state index in [1.165, 1.54) is 20.4 Å². The molecule has 3 rings (SSSR count). The van der Waals surface area contributed by atoms with Crippen LogP contribution < -0.4 is 14.8 Å². The SMILES string of the molecule is COc1cc(O[C@@H]2CCN(Cc3sc(NC(C)=O)nc3F)C2)ncn1. The summed E-state index contributed by atoms with van der Waals surface area (Å²) in [5, 5.41) is 2.78. The highest BCUT2D eigenvalue weighted by Crippen LogP contribution is 2.26. The average Bonchev–Trinajstić information content (AvgIpc) is 3.14. The van der Waals surface area contributed by atoms with Crippen LogP contribution in [0.3, 0.4) is 0 Å². The normalized spacial score (nSPS) is 17.5. The number of nitrogens with zero attached hydrogens (tertiary/aromatic N) is 4. The largest absolute Gasteiger partial charge is 0.481 e. The minimum absolute atomic E-state index is 0.0367. The Labute approximate surface area is 148 Å². The number of halogens is 1. The van der Waals surface area contributed by atoms with Crippen molar-refractivity contribution in [1.82, 2.24) is 19.9 Å². The van der Waals surface area contributed by atoms with Crippen LogP contribution in [0.4, 0.5) is 9.52 Å². The lowest BCUT2D eigenvalue weighted by Crippen LogP contribution is -2.24. The van der Waals surface area contributed by atoms with Gasteiger partial charge in [0.1, 0.15) is 12.4 Å². The van der Waals surface area contributed by atoms with E-state index in [1.807, 2.05) is 0 Å². The summed E-state index contributed by atoms with van der Waals surface area (Å²) in [6.45, 7) is 3.22. The molecule has 0 bridgehead atoms. The zero-order chi connectivity index (χ0) is 17.8. The molecule has 8 nitrogen and oxygen atoms in total. The topological polar surface area (TPSA) is 89.5 Å². The molecule has 2 aromatic rings. The van der Waals surface area contributed by atoms with Gasteiger partial charge in [-0.2, -0.15) is 9.37 Å². The molecule has 134 valence electrons. The Morgan fingerprint density at radius 3 is 3.04 bits per heavy atom. The minimum atomic E-state index is -0.543. The summed E-state index contributed by atoms with van der Waals surface area (Å²) in [6, 6.07) is 1.63. The van der Waals surface area contributed by atoms with Crippen molar-refractivity contribution in [3.8, 4) is 11.8 Å². The van der Waals surface area contributed by atoms with Crippen molar-refractivity contribution >= 4 is 22.4 Å². The van der Waals surface area contributed by atoms with Crippen LogP contribution in [0.1, 0.15) is 18.2 Å². The number of anilines is 1. The fourth-order valence-corrected chi connectivity index (χ4v) is 3.48. The molecule has 0 spiro atoms. The number of nitrogens with one attached hydrogen (secondary N) is 1. The lowest BCUT2D eigenvalue weighted by atomic mass is 10.3. The van der Waals surface area contributed by atoms with E-state index in [1.54, 1.807) is 6.07 Å². The molecule has 1 saturated heterocycles. The van der Waals surface area contributed by atoms with Crippen molar-refractivity contribution in [2.45, 2.75) is 26.0 Å². The maximum Gasteiger partial charge on any atom is 0.230 e. The molecular formula is C15H18FN5O3S. The monoisotopic (exact) mass is 367 g/mol. The number of likely N-dealkylation sites (tertiary alicyclic amines) is 1. The third-order valence-electron chi connectivity index (χ3n) is 3.64. The van der Waals surface area contributed by atoms with Gasteiger partial charge in [0.05, 0.1) is 18.1 Å². The fraction of sp³-hybridized carbons (Fsp3) is 0.467. The average molecular weight is 367 g/mol. The second kappa shape index (κ2) is 7.70. The van der Waals surface area contributed by atoms with Crippen LogP contribution in [-0.2, 0) is 11.3 Å². The Hall–Kier alpha value is -2.33. The van der Waals surface area contributed by atoms with Crippen molar-refractivity contribution in [2.75, 3.05) is 25.5 Å². The maximum absolute atomic E-state index is 13.9. The molecule has 10 heteroatoms. The van der Waals surface area contributed by atoms with Gasteiger partial charge in [-0.05, 0) is 6.42 Å². The molecule has 2 aromatic heterocycles. The molecule has 1 amide bonds. The summed E-state index contributed by atoms with van der Waals surface area (Å²) in [6.07, 6.45) is 2.16. The molecule has 25 heavy (non-hydrogen) atoms. The van der Waals surface area contributed by atoms with Gasteiger partial charge in [-0.25, -0.2) is 9.97 Å². The molecule has 0 saturated carbocycles. The van der Waals surface area contributed by atoms with Crippen molar-refractivity contribution in [2.24, 2.45) is 0 Å². The number of hydrogen-bond donors (Lipinski definition) is 1. The second-order valence-corrected chi connectivity index (χ2v) is 6.66. The Bertz CT molecular complexity index is 757. The van der Waals surface area contributed by atoms with E-state index in [2.05, 4.69) is 25.2 Å². The van der Waals surface area contributed by atoms with E-state index in [0.717, 1.165) is 24.3 Å². The van der Waals surface area contributed by atoms with Gasteiger partial charge < -0.3 is 14.8 Å². The molecule has 0 unspecified atom stereocenters. The highest BCUT2D eigenvalue weighted by atomic mass is 32.1. The Kier molecular flexibility index (Phi) is 5.39. The summed E-state index contributed by atoms with van der Waals surface area (Å²) < 4.78 is 24.8. The van der Waals surface area contributed by atoms with Gasteiger partial charge >= 0.3 is 0 Å². The summed E-state index contributed by atoms with van der Waals surface area (Å²) in [7, 11) is 1.53. The third kappa shape index (κ3) is 4.60. The molecule has 1 fully saturated rings. The number of amides is 1. The summed E-state index contributed by atoms with van der Waals surface area (Å²) >= 11 is 1.15. The first-order chi connectivity index (χ1) is 12.0. The van der Waals surface area contributed by atoms with Gasteiger partial charge in [0.2, 0.25) is 23.6 Å². The van der Waals surface area contributed by atoms with E-state index in [0.29, 0.717) is 29.7 Å². The van der Waals surface area contributed by atoms with E-state index >= 15 is 0 Å². The first kappa shape index (κ1) is 17.5. The van der Waals surface area contributed by atoms with Crippen LogP contribution in [0.15, 0.2) is 12.4 Å². The van der Waals surface area contributed by atoms with Gasteiger partial charge in [-0.3, -0.25) is 9.69 Å². The molecule has 0 radical (unpaired) electrons. The van der Waals surface area contributed by atoms with Gasteiger partial charge in [0.15, 0.2) is 5.13 Å². The number of ether oxygens (including phenoxy) is 2. The maximum atomic E-state index is 13.9. The van der Waals surface area contributed by atoms with Crippen LogP contribution >= 0.6 is 11.3 Å². The molecule has 1 aliphatic rings. The van der Waals surface area contributed by atoms with Crippen LogP contribution in [0.25, 0.3) is 0 Å². The molecule has 1 aliphatic heterocycles. The minimum Gasteiger partial charge on any atom is -0.481 e. The second-order valence-electron chi connectivity index (χ2n) is 5.58. The van der Waals surface area contributed by atoms with E-state index in [9.17, 15) is 9.18 Å². The van der Waals surface area contributed by atoms with Crippen LogP contribution in [-0.4, -0.2) is 52.1 Å². The number of rotatable bonds is 6. The van der Waals surface area contributed by atoms with Crippen molar-refractivity contribution in [3.05, 3.63) is 23.2 Å². The summed E-state index contributed by atoms with van der Waals surface area (Å²) in [5.74, 6) is 0.0848. The quantitative estimate of drug-likeness (QED) is 0.831. The summed E-state index contributed by atoms with van der Waals surface area (Å²) in [5.41, 5.74) is 0. The van der Waals surface area contributed by atoms with Crippen LogP contribution in [0, 0.1) is 5.95 Å². The Morgan fingerprint density at radius 1 is 1.48 bits per heavy atom. The van der Waals surface area contributed by atoms with Crippen molar-refractivity contribution < 1.29 is 18.7 Å². The number of carbonyl (C=O) groups is 1. The summed E-state index contributed by atoms with van der Waals surface area (Å²) in [4.78, 5) is 25.3. The lowest BCUT2D eigenvalue weighted by Gasteiger charge is -2.15. The number of carbonyl (C=O) groups excluding carboxylic acids is 1. The molecular weight excluding hydrogens is 349 g/mol. The van der Waals surface area contributed by atoms with Gasteiger partial charge in [-0.1, -0.05) is 11.3 Å². The fourth-order valence-electron chi connectivity index (χ4n) is 2.54. The predicted octanol–water partition coefficient (Wildman–Crippen LogP) is 1.69. The van der Waals surface area contributed by atoms with Crippen LogP contribution in [0.2, 0.25) is 0 Å². The molecule has 0 aromatic carbocycles. The highest BCUT2D eigenvalue weighted by Gasteiger charge is 2.26. The molecule has 3 heterocycles. The van der Waals surface area contributed by atoms with Crippen molar-refractivity contribution in [1.29, 1.82) is 0 Å². The van der Waals surface area contributed by atoms with Gasteiger partial charge in [0, 0.05) is 26.6 Å². The highest BCUT2D eigenvalue weighted by molar-refractivity contribution is 7.15. The van der Waals surface area contributed by atoms with Crippen molar-refractivity contribution in [3.63, 3.8) is 0 Å². The smallest absolute Gasteiger partial charge is 0.230 e. The zero-order valence-corrected chi connectivity index (χ0v) is 14.7. The third-order valence-corrected chi connectivity index (χ3v) is 4.57.